The lowest BCUT2D eigenvalue weighted by molar-refractivity contribution is 0.570. The van der Waals surface area contributed by atoms with E-state index in [0.717, 1.165) is 10.8 Å². The maximum atomic E-state index is 10.5. The standard InChI is InChI=1S/C4H5NO2S/c6-8(7)3-1-5-2-4-8/h1-4H,(H,6,7). The fourth-order valence-electron chi connectivity index (χ4n) is 0.340. The smallest absolute Gasteiger partial charge is 0.107 e. The number of aliphatic imine (C=N–C) groups is 1. The SMILES string of the molecule is O=S1(O)=CC=NC=C1. The molecule has 1 unspecified atom stereocenters. The van der Waals surface area contributed by atoms with E-state index in [0.29, 0.717) is 0 Å². The summed E-state index contributed by atoms with van der Waals surface area (Å²) in [5, 5.41) is 2.32. The topological polar surface area (TPSA) is 49.7 Å². The second-order valence-electron chi connectivity index (χ2n) is 1.33. The Bertz CT molecular complexity index is 245. The van der Waals surface area contributed by atoms with Crippen molar-refractivity contribution in [1.82, 2.24) is 0 Å². The molecule has 1 heterocycles. The van der Waals surface area contributed by atoms with Gasteiger partial charge in [-0.05, 0) is 0 Å². The molecule has 0 aromatic heterocycles. The molecular weight excluding hydrogens is 126 g/mol. The molecule has 0 bridgehead atoms. The zero-order valence-electron chi connectivity index (χ0n) is 4.02. The van der Waals surface area contributed by atoms with Gasteiger partial charge >= 0.3 is 0 Å². The van der Waals surface area contributed by atoms with Gasteiger partial charge in [-0.2, -0.15) is 0 Å². The third-order valence-corrected chi connectivity index (χ3v) is 1.71. The molecular formula is C4H5NO2S. The molecule has 0 saturated carbocycles. The van der Waals surface area contributed by atoms with Crippen LogP contribution in [0.4, 0.5) is 0 Å². The van der Waals surface area contributed by atoms with Crippen LogP contribution in [0.2, 0.25) is 0 Å². The molecule has 0 spiro atoms. The highest BCUT2D eigenvalue weighted by Gasteiger charge is 1.93. The van der Waals surface area contributed by atoms with Gasteiger partial charge in [-0.3, -0.25) is 4.99 Å². The normalized spacial score (nSPS) is 34.6. The van der Waals surface area contributed by atoms with E-state index in [1.807, 2.05) is 0 Å². The number of hydrogen-bond acceptors (Lipinski definition) is 2. The van der Waals surface area contributed by atoms with Crippen LogP contribution in [0.3, 0.4) is 0 Å². The van der Waals surface area contributed by atoms with Gasteiger partial charge < -0.3 is 4.55 Å². The molecule has 0 aromatic rings. The van der Waals surface area contributed by atoms with E-state index in [1.54, 1.807) is 0 Å². The lowest BCUT2D eigenvalue weighted by Gasteiger charge is -1.93. The lowest BCUT2D eigenvalue weighted by Crippen LogP contribution is -2.00. The molecule has 0 radical (unpaired) electrons. The average molecular weight is 131 g/mol. The second-order valence-corrected chi connectivity index (χ2v) is 3.11. The molecule has 8 heavy (non-hydrogen) atoms. The van der Waals surface area contributed by atoms with Crippen LogP contribution < -0.4 is 0 Å². The quantitative estimate of drug-likeness (QED) is 0.474. The van der Waals surface area contributed by atoms with E-state index >= 15 is 0 Å². The van der Waals surface area contributed by atoms with Crippen LogP contribution in [-0.2, 0) is 9.80 Å². The first kappa shape index (κ1) is 5.53. The Balaban J connectivity index is 3.20. The first-order chi connectivity index (χ1) is 3.71. The van der Waals surface area contributed by atoms with Crippen LogP contribution in [0.5, 0.6) is 0 Å². The molecule has 0 fully saturated rings. The van der Waals surface area contributed by atoms with Gasteiger partial charge in [-0.25, -0.2) is 4.21 Å². The highest BCUT2D eigenvalue weighted by atomic mass is 32.2. The minimum atomic E-state index is -2.79. The second kappa shape index (κ2) is 1.72. The summed E-state index contributed by atoms with van der Waals surface area (Å²) in [6.45, 7) is 0. The molecule has 1 rings (SSSR count). The molecule has 0 amide bonds. The Morgan fingerprint density at radius 2 is 2.38 bits per heavy atom. The van der Waals surface area contributed by atoms with Crippen LogP contribution >= 0.6 is 0 Å². The summed E-state index contributed by atoms with van der Waals surface area (Å²) in [5.41, 5.74) is 0. The largest absolute Gasteiger partial charge is 0.310 e. The molecule has 1 N–H and O–H groups in total. The fraction of sp³-hybridized carbons (Fsp3) is 0. The van der Waals surface area contributed by atoms with Gasteiger partial charge in [0.2, 0.25) is 0 Å². The van der Waals surface area contributed by atoms with Crippen LogP contribution in [-0.4, -0.2) is 20.3 Å². The van der Waals surface area contributed by atoms with Gasteiger partial charge in [0, 0.05) is 23.2 Å². The Labute approximate surface area is 47.6 Å². The maximum Gasteiger partial charge on any atom is 0.107 e. The lowest BCUT2D eigenvalue weighted by atomic mass is 10.8. The molecule has 0 aromatic carbocycles. The van der Waals surface area contributed by atoms with Crippen LogP contribution in [0, 0.1) is 0 Å². The fourth-order valence-corrected chi connectivity index (χ4v) is 0.920. The van der Waals surface area contributed by atoms with Gasteiger partial charge in [-0.1, -0.05) is 0 Å². The van der Waals surface area contributed by atoms with E-state index in [1.165, 1.54) is 12.4 Å². The van der Waals surface area contributed by atoms with E-state index in [9.17, 15) is 4.21 Å². The molecule has 0 saturated heterocycles. The maximum absolute atomic E-state index is 10.5. The van der Waals surface area contributed by atoms with Crippen LogP contribution in [0.15, 0.2) is 16.6 Å². The molecule has 1 aliphatic heterocycles. The Morgan fingerprint density at radius 3 is 2.62 bits per heavy atom. The van der Waals surface area contributed by atoms with Crippen molar-refractivity contribution in [3.05, 3.63) is 11.6 Å². The van der Waals surface area contributed by atoms with Crippen molar-refractivity contribution in [2.75, 3.05) is 0 Å². The zero-order chi connectivity index (χ0) is 6.04. The van der Waals surface area contributed by atoms with Crippen molar-refractivity contribution >= 4 is 21.4 Å². The van der Waals surface area contributed by atoms with Gasteiger partial charge in [0.25, 0.3) is 0 Å². The monoisotopic (exact) mass is 131 g/mol. The average Bonchev–Trinajstić information content (AvgIpc) is 1.65. The van der Waals surface area contributed by atoms with Crippen LogP contribution in [0.25, 0.3) is 0 Å². The molecule has 1 atom stereocenters. The van der Waals surface area contributed by atoms with Gasteiger partial charge in [0.1, 0.15) is 9.80 Å². The first-order valence-corrected chi connectivity index (χ1v) is 3.65. The summed E-state index contributed by atoms with van der Waals surface area (Å²) in [6, 6.07) is 0. The number of nitrogens with zero attached hydrogens (tertiary/aromatic N) is 1. The van der Waals surface area contributed by atoms with E-state index in [4.69, 9.17) is 4.55 Å². The summed E-state index contributed by atoms with van der Waals surface area (Å²) in [6.07, 6.45) is 2.62. The summed E-state index contributed by atoms with van der Waals surface area (Å²) in [4.78, 5) is 3.57. The van der Waals surface area contributed by atoms with E-state index in [2.05, 4.69) is 4.99 Å². The van der Waals surface area contributed by atoms with Gasteiger partial charge in [0.15, 0.2) is 0 Å². The molecule has 4 heteroatoms. The van der Waals surface area contributed by atoms with Crippen LogP contribution in [0.1, 0.15) is 0 Å². The third kappa shape index (κ3) is 1.18. The van der Waals surface area contributed by atoms with E-state index in [-0.39, 0.29) is 0 Å². The third-order valence-electron chi connectivity index (χ3n) is 0.684. The minimum Gasteiger partial charge on any atom is -0.310 e. The summed E-state index contributed by atoms with van der Waals surface area (Å²) in [7, 11) is -2.79. The highest BCUT2D eigenvalue weighted by Crippen LogP contribution is 1.90. The first-order valence-electron chi connectivity index (χ1n) is 2.00. The van der Waals surface area contributed by atoms with E-state index < -0.39 is 9.80 Å². The molecule has 3 nitrogen and oxygen atoms in total. The van der Waals surface area contributed by atoms with Crippen molar-refractivity contribution < 1.29 is 8.76 Å². The Kier molecular flexibility index (Phi) is 1.19. The van der Waals surface area contributed by atoms with Crippen molar-refractivity contribution in [1.29, 1.82) is 0 Å². The zero-order valence-corrected chi connectivity index (χ0v) is 4.84. The van der Waals surface area contributed by atoms with Crippen molar-refractivity contribution in [2.24, 2.45) is 4.99 Å². The Morgan fingerprint density at radius 1 is 1.62 bits per heavy atom. The summed E-state index contributed by atoms with van der Waals surface area (Å²) >= 11 is 0. The predicted octanol–water partition coefficient (Wildman–Crippen LogP) is 0.102. The van der Waals surface area contributed by atoms with Crippen molar-refractivity contribution in [3.63, 3.8) is 0 Å². The minimum absolute atomic E-state index is 1.16. The number of hydrogen-bond donors (Lipinski definition) is 1. The molecule has 1 aliphatic rings. The highest BCUT2D eigenvalue weighted by molar-refractivity contribution is 7.99. The number of rotatable bonds is 0. The molecule has 0 aliphatic carbocycles. The predicted molar refractivity (Wildman–Crippen MR) is 34.5 cm³/mol. The summed E-state index contributed by atoms with van der Waals surface area (Å²) in [5.74, 6) is 0. The molecule has 44 valence electrons. The van der Waals surface area contributed by atoms with Crippen molar-refractivity contribution in [3.8, 4) is 0 Å². The van der Waals surface area contributed by atoms with Crippen molar-refractivity contribution in [2.45, 2.75) is 0 Å². The Hall–Kier alpha value is -0.610. The van der Waals surface area contributed by atoms with Gasteiger partial charge in [-0.15, -0.1) is 0 Å². The summed E-state index contributed by atoms with van der Waals surface area (Å²) < 4.78 is 19.2. The van der Waals surface area contributed by atoms with Gasteiger partial charge in [0.05, 0.1) is 0 Å².